The lowest BCUT2D eigenvalue weighted by Crippen LogP contribution is -2.22. The van der Waals surface area contributed by atoms with Crippen molar-refractivity contribution in [3.05, 3.63) is 27.5 Å². The molecule has 0 aromatic carbocycles. The summed E-state index contributed by atoms with van der Waals surface area (Å²) in [5, 5.41) is 10.6. The first-order valence-electron chi connectivity index (χ1n) is 6.24. The molecule has 9 heteroatoms. The van der Waals surface area contributed by atoms with Gasteiger partial charge in [-0.05, 0) is 5.41 Å². The van der Waals surface area contributed by atoms with Crippen molar-refractivity contribution in [2.24, 2.45) is 5.41 Å². The molecule has 0 aliphatic rings. The second-order valence-corrected chi connectivity index (χ2v) is 6.01. The van der Waals surface area contributed by atoms with Gasteiger partial charge >= 0.3 is 17.6 Å². The highest BCUT2D eigenvalue weighted by atomic mass is 35.5. The first kappa shape index (κ1) is 17.8. The fraction of sp³-hybridized carbons (Fsp3) is 0.462. The number of nitro groups is 1. The highest BCUT2D eigenvalue weighted by Crippen LogP contribution is 2.33. The molecule has 0 aliphatic carbocycles. The van der Waals surface area contributed by atoms with Crippen LogP contribution >= 0.6 is 11.6 Å². The van der Waals surface area contributed by atoms with Gasteiger partial charge in [-0.1, -0.05) is 32.4 Å². The van der Waals surface area contributed by atoms with E-state index >= 15 is 0 Å². The zero-order valence-corrected chi connectivity index (χ0v) is 13.0. The number of hydrogen-bond acceptors (Lipinski definition) is 7. The number of rotatable bonds is 5. The lowest BCUT2D eigenvalue weighted by molar-refractivity contribution is -0.386. The SMILES string of the molecule is CC(C)(C)COC(=O)CC(=O)Oc1c(Cl)cncc1[N+](=O)[O-]. The second kappa shape index (κ2) is 7.17. The summed E-state index contributed by atoms with van der Waals surface area (Å²) in [6.45, 7) is 5.71. The molecule has 0 saturated carbocycles. The molecule has 1 rings (SSSR count). The van der Waals surface area contributed by atoms with Crippen LogP contribution in [0.2, 0.25) is 5.02 Å². The lowest BCUT2D eigenvalue weighted by Gasteiger charge is -2.17. The van der Waals surface area contributed by atoms with Crippen LogP contribution in [-0.2, 0) is 14.3 Å². The van der Waals surface area contributed by atoms with Crippen molar-refractivity contribution in [2.45, 2.75) is 27.2 Å². The van der Waals surface area contributed by atoms with Gasteiger partial charge in [0.1, 0.15) is 17.6 Å². The molecule has 0 amide bonds. The summed E-state index contributed by atoms with van der Waals surface area (Å²) in [7, 11) is 0. The van der Waals surface area contributed by atoms with Gasteiger partial charge in [-0.3, -0.25) is 24.7 Å². The molecule has 8 nitrogen and oxygen atoms in total. The monoisotopic (exact) mass is 330 g/mol. The summed E-state index contributed by atoms with van der Waals surface area (Å²) in [5.41, 5.74) is -0.809. The molecule has 0 atom stereocenters. The smallest absolute Gasteiger partial charge is 0.331 e. The number of aromatic nitrogens is 1. The summed E-state index contributed by atoms with van der Waals surface area (Å²) in [6.07, 6.45) is 1.31. The predicted molar refractivity (Wildman–Crippen MR) is 76.6 cm³/mol. The molecule has 0 N–H and O–H groups in total. The van der Waals surface area contributed by atoms with E-state index in [0.717, 1.165) is 12.4 Å². The van der Waals surface area contributed by atoms with Crippen LogP contribution in [0.15, 0.2) is 12.4 Å². The summed E-state index contributed by atoms with van der Waals surface area (Å²) >= 11 is 5.71. The Morgan fingerprint density at radius 1 is 1.32 bits per heavy atom. The molecule has 0 bridgehead atoms. The third kappa shape index (κ3) is 5.65. The van der Waals surface area contributed by atoms with Gasteiger partial charge in [-0.15, -0.1) is 0 Å². The maximum absolute atomic E-state index is 11.6. The minimum atomic E-state index is -1.00. The molecule has 0 unspecified atom stereocenters. The highest BCUT2D eigenvalue weighted by molar-refractivity contribution is 6.32. The molecular weight excluding hydrogens is 316 g/mol. The van der Waals surface area contributed by atoms with Crippen LogP contribution in [0.3, 0.4) is 0 Å². The van der Waals surface area contributed by atoms with Gasteiger partial charge in [0.15, 0.2) is 0 Å². The maximum atomic E-state index is 11.6. The van der Waals surface area contributed by atoms with E-state index < -0.39 is 34.7 Å². The molecule has 0 fully saturated rings. The van der Waals surface area contributed by atoms with Gasteiger partial charge in [0.2, 0.25) is 5.75 Å². The summed E-state index contributed by atoms with van der Waals surface area (Å²) in [6, 6.07) is 0. The molecular formula is C13H15ClN2O6. The van der Waals surface area contributed by atoms with Crippen molar-refractivity contribution < 1.29 is 24.0 Å². The van der Waals surface area contributed by atoms with Crippen molar-refractivity contribution in [1.82, 2.24) is 4.98 Å². The minimum absolute atomic E-state index is 0.134. The van der Waals surface area contributed by atoms with Crippen molar-refractivity contribution >= 4 is 29.2 Å². The normalized spacial score (nSPS) is 10.9. The molecule has 1 aromatic rings. The van der Waals surface area contributed by atoms with E-state index in [2.05, 4.69) is 4.98 Å². The number of hydrogen-bond donors (Lipinski definition) is 0. The number of carbonyl (C=O) groups is 2. The first-order valence-corrected chi connectivity index (χ1v) is 6.62. The molecule has 1 aromatic heterocycles. The van der Waals surface area contributed by atoms with E-state index in [1.165, 1.54) is 0 Å². The van der Waals surface area contributed by atoms with Crippen LogP contribution in [0.25, 0.3) is 0 Å². The van der Waals surface area contributed by atoms with E-state index in [4.69, 9.17) is 21.1 Å². The topological polar surface area (TPSA) is 109 Å². The summed E-state index contributed by atoms with van der Waals surface area (Å²) in [4.78, 5) is 36.7. The maximum Gasteiger partial charge on any atom is 0.331 e. The standard InChI is InChI=1S/C13H15ClN2O6/c1-13(2,3)7-21-10(17)4-11(18)22-12-8(14)5-15-6-9(12)16(19)20/h5-6H,4,7H2,1-3H3. The van der Waals surface area contributed by atoms with Gasteiger partial charge < -0.3 is 9.47 Å². The van der Waals surface area contributed by atoms with Crippen molar-refractivity contribution in [3.8, 4) is 5.75 Å². The van der Waals surface area contributed by atoms with Crippen molar-refractivity contribution in [3.63, 3.8) is 0 Å². The second-order valence-electron chi connectivity index (χ2n) is 5.60. The number of esters is 2. The van der Waals surface area contributed by atoms with E-state index in [-0.39, 0.29) is 17.0 Å². The number of ether oxygens (including phenoxy) is 2. The van der Waals surface area contributed by atoms with E-state index in [9.17, 15) is 19.7 Å². The first-order chi connectivity index (χ1) is 10.1. The molecule has 0 saturated heterocycles. The Morgan fingerprint density at radius 2 is 1.95 bits per heavy atom. The average Bonchev–Trinajstić information content (AvgIpc) is 2.37. The molecule has 120 valence electrons. The third-order valence-corrected chi connectivity index (χ3v) is 2.47. The summed E-state index contributed by atoms with van der Waals surface area (Å²) < 4.78 is 9.69. The summed E-state index contributed by atoms with van der Waals surface area (Å²) in [5.74, 6) is -2.24. The fourth-order valence-electron chi connectivity index (χ4n) is 1.26. The van der Waals surface area contributed by atoms with E-state index in [1.807, 2.05) is 20.8 Å². The van der Waals surface area contributed by atoms with Gasteiger partial charge in [-0.25, -0.2) is 0 Å². The average molecular weight is 331 g/mol. The Morgan fingerprint density at radius 3 is 2.50 bits per heavy atom. The van der Waals surface area contributed by atoms with Crippen LogP contribution < -0.4 is 4.74 Å². The van der Waals surface area contributed by atoms with Crippen LogP contribution in [0.5, 0.6) is 5.75 Å². The molecule has 0 spiro atoms. The van der Waals surface area contributed by atoms with Gasteiger partial charge in [0.25, 0.3) is 0 Å². The number of pyridine rings is 1. The van der Waals surface area contributed by atoms with Gasteiger partial charge in [-0.2, -0.15) is 0 Å². The van der Waals surface area contributed by atoms with Gasteiger partial charge in [0.05, 0.1) is 11.5 Å². The Labute approximate surface area is 131 Å². The van der Waals surface area contributed by atoms with Gasteiger partial charge in [0, 0.05) is 6.20 Å². The van der Waals surface area contributed by atoms with E-state index in [1.54, 1.807) is 0 Å². The highest BCUT2D eigenvalue weighted by Gasteiger charge is 2.24. The molecule has 0 radical (unpaired) electrons. The van der Waals surface area contributed by atoms with Crippen LogP contribution in [0.4, 0.5) is 5.69 Å². The quantitative estimate of drug-likeness (QED) is 0.353. The molecule has 0 aliphatic heterocycles. The molecule has 22 heavy (non-hydrogen) atoms. The minimum Gasteiger partial charge on any atom is -0.465 e. The Hall–Kier alpha value is -2.22. The number of halogens is 1. The Bertz CT molecular complexity index is 597. The fourth-order valence-corrected chi connectivity index (χ4v) is 1.45. The number of carbonyl (C=O) groups excluding carboxylic acids is 2. The third-order valence-electron chi connectivity index (χ3n) is 2.20. The number of nitrogens with zero attached hydrogens (tertiary/aromatic N) is 2. The Kier molecular flexibility index (Phi) is 5.81. The van der Waals surface area contributed by atoms with E-state index in [0.29, 0.717) is 0 Å². The van der Waals surface area contributed by atoms with Crippen LogP contribution in [0.1, 0.15) is 27.2 Å². The largest absolute Gasteiger partial charge is 0.465 e. The zero-order valence-electron chi connectivity index (χ0n) is 12.3. The van der Waals surface area contributed by atoms with Crippen molar-refractivity contribution in [2.75, 3.05) is 6.61 Å². The van der Waals surface area contributed by atoms with Crippen molar-refractivity contribution in [1.29, 1.82) is 0 Å². The van der Waals surface area contributed by atoms with Crippen LogP contribution in [0, 0.1) is 15.5 Å². The Balaban J connectivity index is 2.70. The zero-order chi connectivity index (χ0) is 16.9. The molecule has 1 heterocycles. The van der Waals surface area contributed by atoms with Crippen LogP contribution in [-0.4, -0.2) is 28.5 Å². The predicted octanol–water partition coefficient (Wildman–Crippen LogP) is 2.53. The lowest BCUT2D eigenvalue weighted by atomic mass is 9.99.